The van der Waals surface area contributed by atoms with Gasteiger partial charge >= 0.3 is 0 Å². The molecular formula is C15H26ClNS. The largest absolute Gasteiger partial charge is 0.312 e. The summed E-state index contributed by atoms with van der Waals surface area (Å²) in [5.74, 6) is 0. The van der Waals surface area contributed by atoms with Crippen LogP contribution in [0, 0.1) is 6.92 Å². The Balaban J connectivity index is 2.32. The summed E-state index contributed by atoms with van der Waals surface area (Å²) in [5.41, 5.74) is 1.21. The zero-order valence-electron chi connectivity index (χ0n) is 11.9. The number of unbranched alkanes of at least 4 members (excludes halogenated alkanes) is 5. The topological polar surface area (TPSA) is 12.0 Å². The summed E-state index contributed by atoms with van der Waals surface area (Å²) in [7, 11) is 2.03. The van der Waals surface area contributed by atoms with E-state index < -0.39 is 0 Å². The van der Waals surface area contributed by atoms with Crippen molar-refractivity contribution in [2.45, 2.75) is 64.8 Å². The van der Waals surface area contributed by atoms with Crippen molar-refractivity contribution in [3.05, 3.63) is 20.8 Å². The maximum absolute atomic E-state index is 6.33. The number of thiophene rings is 1. The van der Waals surface area contributed by atoms with Gasteiger partial charge in [0.15, 0.2) is 0 Å². The zero-order chi connectivity index (χ0) is 13.4. The van der Waals surface area contributed by atoms with Crippen molar-refractivity contribution in [2.24, 2.45) is 0 Å². The van der Waals surface area contributed by atoms with Crippen LogP contribution in [0.5, 0.6) is 0 Å². The summed E-state index contributed by atoms with van der Waals surface area (Å²) in [6.07, 6.45) is 9.31. The molecule has 0 bridgehead atoms. The first kappa shape index (κ1) is 16.0. The second-order valence-electron chi connectivity index (χ2n) is 4.99. The van der Waals surface area contributed by atoms with Crippen LogP contribution in [-0.2, 0) is 0 Å². The molecule has 104 valence electrons. The van der Waals surface area contributed by atoms with Gasteiger partial charge in [-0.1, -0.05) is 57.0 Å². The third-order valence-electron chi connectivity index (χ3n) is 3.44. The van der Waals surface area contributed by atoms with Crippen molar-refractivity contribution in [3.8, 4) is 0 Å². The molecule has 1 nitrogen and oxygen atoms in total. The van der Waals surface area contributed by atoms with Crippen LogP contribution >= 0.6 is 22.9 Å². The van der Waals surface area contributed by atoms with Crippen LogP contribution in [0.3, 0.4) is 0 Å². The van der Waals surface area contributed by atoms with Crippen LogP contribution < -0.4 is 5.32 Å². The molecule has 1 heterocycles. The van der Waals surface area contributed by atoms with E-state index in [9.17, 15) is 0 Å². The first-order valence-corrected chi connectivity index (χ1v) is 8.37. The Labute approximate surface area is 121 Å². The lowest BCUT2D eigenvalue weighted by molar-refractivity contribution is 0.503. The Morgan fingerprint density at radius 1 is 1.22 bits per heavy atom. The predicted molar refractivity (Wildman–Crippen MR) is 83.9 cm³/mol. The Morgan fingerprint density at radius 3 is 2.44 bits per heavy atom. The third kappa shape index (κ3) is 4.91. The molecule has 1 N–H and O–H groups in total. The summed E-state index contributed by atoms with van der Waals surface area (Å²) in [5, 5.41) is 6.52. The van der Waals surface area contributed by atoms with E-state index in [0.29, 0.717) is 6.04 Å². The van der Waals surface area contributed by atoms with Crippen molar-refractivity contribution in [1.82, 2.24) is 5.32 Å². The van der Waals surface area contributed by atoms with E-state index in [1.807, 2.05) is 7.05 Å². The van der Waals surface area contributed by atoms with E-state index in [1.54, 1.807) is 11.3 Å². The van der Waals surface area contributed by atoms with E-state index in [4.69, 9.17) is 11.6 Å². The molecule has 0 aromatic carbocycles. The van der Waals surface area contributed by atoms with Gasteiger partial charge in [-0.25, -0.2) is 0 Å². The molecule has 1 aromatic heterocycles. The highest BCUT2D eigenvalue weighted by Gasteiger charge is 2.15. The predicted octanol–water partition coefficient (Wildman–Crippen LogP) is 5.72. The highest BCUT2D eigenvalue weighted by molar-refractivity contribution is 7.10. The molecule has 0 aliphatic rings. The molecule has 18 heavy (non-hydrogen) atoms. The zero-order valence-corrected chi connectivity index (χ0v) is 13.5. The normalized spacial score (nSPS) is 12.9. The number of halogens is 1. The fourth-order valence-electron chi connectivity index (χ4n) is 2.22. The lowest BCUT2D eigenvalue weighted by Gasteiger charge is -2.15. The summed E-state index contributed by atoms with van der Waals surface area (Å²) < 4.78 is 0. The maximum atomic E-state index is 6.33. The quantitative estimate of drug-likeness (QED) is 0.573. The minimum atomic E-state index is 0.433. The van der Waals surface area contributed by atoms with Crippen LogP contribution in [0.2, 0.25) is 5.02 Å². The number of nitrogens with one attached hydrogen (secondary N) is 1. The fourth-order valence-corrected chi connectivity index (χ4v) is 3.69. The molecule has 1 atom stereocenters. The highest BCUT2D eigenvalue weighted by Crippen LogP contribution is 2.34. The van der Waals surface area contributed by atoms with Gasteiger partial charge in [-0.2, -0.15) is 0 Å². The maximum Gasteiger partial charge on any atom is 0.0590 e. The summed E-state index contributed by atoms with van der Waals surface area (Å²) in [6, 6.07) is 0.433. The Hall–Kier alpha value is -0.0500. The summed E-state index contributed by atoms with van der Waals surface area (Å²) >= 11 is 8.12. The van der Waals surface area contributed by atoms with E-state index in [0.717, 1.165) is 5.02 Å². The number of rotatable bonds is 9. The first-order valence-electron chi connectivity index (χ1n) is 7.11. The number of hydrogen-bond donors (Lipinski definition) is 1. The molecule has 0 saturated carbocycles. The molecule has 0 saturated heterocycles. The molecule has 0 amide bonds. The lowest BCUT2D eigenvalue weighted by atomic mass is 10.0. The molecular weight excluding hydrogens is 262 g/mol. The fraction of sp³-hybridized carbons (Fsp3) is 0.733. The van der Waals surface area contributed by atoms with Crippen LogP contribution in [0.4, 0.5) is 0 Å². The van der Waals surface area contributed by atoms with E-state index in [2.05, 4.69) is 24.5 Å². The van der Waals surface area contributed by atoms with Crippen molar-refractivity contribution < 1.29 is 0 Å². The van der Waals surface area contributed by atoms with Crippen molar-refractivity contribution >= 4 is 22.9 Å². The molecule has 1 aromatic rings. The van der Waals surface area contributed by atoms with Gasteiger partial charge in [-0.05, 0) is 31.3 Å². The molecule has 0 spiro atoms. The molecule has 0 aliphatic carbocycles. The van der Waals surface area contributed by atoms with E-state index in [-0.39, 0.29) is 0 Å². The second-order valence-corrected chi connectivity index (χ2v) is 6.28. The van der Waals surface area contributed by atoms with Gasteiger partial charge in [0.25, 0.3) is 0 Å². The van der Waals surface area contributed by atoms with Crippen LogP contribution in [0.25, 0.3) is 0 Å². The SMILES string of the molecule is CCCCCCCCC(NC)c1scc(C)c1Cl. The molecule has 0 fully saturated rings. The van der Waals surface area contributed by atoms with Crippen molar-refractivity contribution in [3.63, 3.8) is 0 Å². The lowest BCUT2D eigenvalue weighted by Crippen LogP contribution is -2.15. The standard InChI is InChI=1S/C15H26ClNS/c1-4-5-6-7-8-9-10-13(17-3)15-14(16)12(2)11-18-15/h11,13,17H,4-10H2,1-3H3. The van der Waals surface area contributed by atoms with Gasteiger partial charge in [0.2, 0.25) is 0 Å². The number of aryl methyl sites for hydroxylation is 1. The molecule has 1 unspecified atom stereocenters. The molecule has 3 heteroatoms. The second kappa shape index (κ2) is 8.95. The monoisotopic (exact) mass is 287 g/mol. The van der Waals surface area contributed by atoms with Crippen LogP contribution in [-0.4, -0.2) is 7.05 Å². The third-order valence-corrected chi connectivity index (χ3v) is 5.26. The number of hydrogen-bond acceptors (Lipinski definition) is 2. The van der Waals surface area contributed by atoms with E-state index >= 15 is 0 Å². The van der Waals surface area contributed by atoms with Gasteiger partial charge in [-0.3, -0.25) is 0 Å². The highest BCUT2D eigenvalue weighted by atomic mass is 35.5. The Morgan fingerprint density at radius 2 is 1.89 bits per heavy atom. The van der Waals surface area contributed by atoms with Crippen molar-refractivity contribution in [2.75, 3.05) is 7.05 Å². The van der Waals surface area contributed by atoms with Gasteiger partial charge < -0.3 is 5.32 Å². The molecule has 0 aliphatic heterocycles. The van der Waals surface area contributed by atoms with Crippen LogP contribution in [0.15, 0.2) is 5.38 Å². The van der Waals surface area contributed by atoms with Gasteiger partial charge in [-0.15, -0.1) is 11.3 Å². The summed E-state index contributed by atoms with van der Waals surface area (Å²) in [4.78, 5) is 1.31. The van der Waals surface area contributed by atoms with E-state index in [1.165, 1.54) is 55.4 Å². The summed E-state index contributed by atoms with van der Waals surface area (Å²) in [6.45, 7) is 4.35. The minimum Gasteiger partial charge on any atom is -0.312 e. The smallest absolute Gasteiger partial charge is 0.0590 e. The van der Waals surface area contributed by atoms with Gasteiger partial charge in [0.05, 0.1) is 5.02 Å². The van der Waals surface area contributed by atoms with Crippen LogP contribution in [0.1, 0.15) is 68.4 Å². The average molecular weight is 288 g/mol. The Kier molecular flexibility index (Phi) is 7.96. The minimum absolute atomic E-state index is 0.433. The first-order chi connectivity index (χ1) is 8.70. The molecule has 0 radical (unpaired) electrons. The van der Waals surface area contributed by atoms with Gasteiger partial charge in [0, 0.05) is 10.9 Å². The molecule has 1 rings (SSSR count). The Bertz CT molecular complexity index is 335. The van der Waals surface area contributed by atoms with Gasteiger partial charge in [0.1, 0.15) is 0 Å². The van der Waals surface area contributed by atoms with Crippen molar-refractivity contribution in [1.29, 1.82) is 0 Å². The average Bonchev–Trinajstić information content (AvgIpc) is 2.70.